The van der Waals surface area contributed by atoms with Crippen LogP contribution in [0.15, 0.2) is 48.9 Å². The summed E-state index contributed by atoms with van der Waals surface area (Å²) in [5.74, 6) is 1.69. The predicted molar refractivity (Wildman–Crippen MR) is 94.6 cm³/mol. The number of aromatic nitrogens is 3. The fourth-order valence-electron chi connectivity index (χ4n) is 2.98. The Morgan fingerprint density at radius 3 is 3.00 bits per heavy atom. The molecule has 3 heterocycles. The highest BCUT2D eigenvalue weighted by Gasteiger charge is 2.22. The van der Waals surface area contributed by atoms with Crippen molar-refractivity contribution in [3.05, 3.63) is 53.9 Å². The number of halogens is 1. The number of hydrogen-bond donors (Lipinski definition) is 0. The van der Waals surface area contributed by atoms with Crippen molar-refractivity contribution >= 4 is 28.5 Å². The molecule has 3 aromatic rings. The molecule has 0 bridgehead atoms. The van der Waals surface area contributed by atoms with Gasteiger partial charge in [-0.1, -0.05) is 11.6 Å². The van der Waals surface area contributed by atoms with E-state index >= 15 is 0 Å². The second-order valence-electron chi connectivity index (χ2n) is 5.88. The molecule has 6 heteroatoms. The summed E-state index contributed by atoms with van der Waals surface area (Å²) in [5, 5.41) is 0.674. The second kappa shape index (κ2) is 6.61. The summed E-state index contributed by atoms with van der Waals surface area (Å²) in [5.41, 5.74) is 1.67. The van der Waals surface area contributed by atoms with Crippen molar-refractivity contribution in [1.29, 1.82) is 0 Å². The Hall–Kier alpha value is -2.40. The summed E-state index contributed by atoms with van der Waals surface area (Å²) in [7, 11) is 0. The summed E-state index contributed by atoms with van der Waals surface area (Å²) in [6, 6.07) is 9.40. The smallest absolute Gasteiger partial charge is 0.147 e. The number of fused-ring (bicyclic) bond motifs is 1. The van der Waals surface area contributed by atoms with Crippen molar-refractivity contribution < 1.29 is 4.74 Å². The average Bonchev–Trinajstić information content (AvgIpc) is 2.62. The number of hydrogen-bond acceptors (Lipinski definition) is 5. The van der Waals surface area contributed by atoms with Crippen molar-refractivity contribution in [1.82, 2.24) is 15.0 Å². The van der Waals surface area contributed by atoms with Crippen LogP contribution in [-0.4, -0.2) is 34.1 Å². The van der Waals surface area contributed by atoms with E-state index in [9.17, 15) is 0 Å². The molecule has 0 amide bonds. The number of benzene rings is 1. The van der Waals surface area contributed by atoms with Gasteiger partial charge in [-0.25, -0.2) is 4.98 Å². The molecule has 0 saturated carbocycles. The first-order valence-electron chi connectivity index (χ1n) is 8.02. The molecule has 1 saturated heterocycles. The van der Waals surface area contributed by atoms with Gasteiger partial charge < -0.3 is 9.64 Å². The van der Waals surface area contributed by atoms with Crippen LogP contribution in [0.2, 0.25) is 5.02 Å². The monoisotopic (exact) mass is 340 g/mol. The van der Waals surface area contributed by atoms with Gasteiger partial charge in [-0.3, -0.25) is 9.97 Å². The van der Waals surface area contributed by atoms with Crippen molar-refractivity contribution in [3.8, 4) is 5.75 Å². The molecule has 0 spiro atoms. The zero-order valence-corrected chi connectivity index (χ0v) is 13.9. The Bertz CT molecular complexity index is 843. The van der Waals surface area contributed by atoms with Gasteiger partial charge in [0, 0.05) is 17.8 Å². The lowest BCUT2D eigenvalue weighted by Gasteiger charge is -2.33. The molecule has 5 nitrogen and oxygen atoms in total. The number of anilines is 1. The maximum absolute atomic E-state index is 6.04. The van der Waals surface area contributed by atoms with E-state index in [1.165, 1.54) is 0 Å². The van der Waals surface area contributed by atoms with E-state index in [1.54, 1.807) is 12.4 Å². The summed E-state index contributed by atoms with van der Waals surface area (Å²) in [6.45, 7) is 1.75. The Labute approximate surface area is 145 Å². The molecular weight excluding hydrogens is 324 g/mol. The van der Waals surface area contributed by atoms with Crippen LogP contribution in [0.1, 0.15) is 12.8 Å². The Morgan fingerprint density at radius 1 is 1.17 bits per heavy atom. The van der Waals surface area contributed by atoms with Crippen molar-refractivity contribution in [2.24, 2.45) is 0 Å². The lowest BCUT2D eigenvalue weighted by Crippen LogP contribution is -2.41. The van der Waals surface area contributed by atoms with Gasteiger partial charge >= 0.3 is 0 Å². The van der Waals surface area contributed by atoms with E-state index in [0.717, 1.165) is 48.5 Å². The number of piperidine rings is 1. The van der Waals surface area contributed by atoms with Gasteiger partial charge in [0.2, 0.25) is 0 Å². The maximum Gasteiger partial charge on any atom is 0.147 e. The Morgan fingerprint density at radius 2 is 2.12 bits per heavy atom. The predicted octanol–water partition coefficient (Wildman–Crippen LogP) is 3.73. The van der Waals surface area contributed by atoms with Crippen LogP contribution in [0.4, 0.5) is 5.82 Å². The zero-order chi connectivity index (χ0) is 16.4. The molecule has 1 aliphatic rings. The van der Waals surface area contributed by atoms with Crippen LogP contribution in [0.5, 0.6) is 5.75 Å². The largest absolute Gasteiger partial charge is 0.487 e. The molecule has 1 aliphatic heterocycles. The fraction of sp³-hybridized carbons (Fsp3) is 0.278. The summed E-state index contributed by atoms with van der Waals surface area (Å²) >= 11 is 6.00. The molecule has 24 heavy (non-hydrogen) atoms. The lowest BCUT2D eigenvalue weighted by molar-refractivity contribution is 0.178. The van der Waals surface area contributed by atoms with Crippen molar-refractivity contribution in [2.75, 3.05) is 18.0 Å². The van der Waals surface area contributed by atoms with Gasteiger partial charge in [-0.15, -0.1) is 0 Å². The molecule has 1 aromatic carbocycles. The van der Waals surface area contributed by atoms with Gasteiger partial charge in [-0.05, 0) is 43.2 Å². The van der Waals surface area contributed by atoms with E-state index in [-0.39, 0.29) is 6.10 Å². The summed E-state index contributed by atoms with van der Waals surface area (Å²) in [6.07, 6.45) is 7.53. The number of rotatable bonds is 3. The molecule has 2 aromatic heterocycles. The van der Waals surface area contributed by atoms with E-state index in [2.05, 4.69) is 14.9 Å². The van der Waals surface area contributed by atoms with Crippen LogP contribution in [0, 0.1) is 0 Å². The van der Waals surface area contributed by atoms with Crippen LogP contribution in [0.3, 0.4) is 0 Å². The van der Waals surface area contributed by atoms with E-state index in [1.807, 2.05) is 36.5 Å². The molecule has 1 atom stereocenters. The lowest BCUT2D eigenvalue weighted by atomic mass is 10.1. The Balaban J connectivity index is 1.52. The minimum absolute atomic E-state index is 0.130. The zero-order valence-electron chi connectivity index (χ0n) is 13.1. The third-order valence-corrected chi connectivity index (χ3v) is 4.37. The Kier molecular flexibility index (Phi) is 4.17. The van der Waals surface area contributed by atoms with Crippen LogP contribution < -0.4 is 9.64 Å². The maximum atomic E-state index is 6.04. The first kappa shape index (κ1) is 15.1. The van der Waals surface area contributed by atoms with Gasteiger partial charge in [-0.2, -0.15) is 0 Å². The molecule has 122 valence electrons. The van der Waals surface area contributed by atoms with Crippen LogP contribution >= 0.6 is 11.6 Å². The van der Waals surface area contributed by atoms with Gasteiger partial charge in [0.05, 0.1) is 30.0 Å². The number of nitrogens with zero attached hydrogens (tertiary/aromatic N) is 4. The van der Waals surface area contributed by atoms with Crippen LogP contribution in [-0.2, 0) is 0 Å². The highest BCUT2D eigenvalue weighted by molar-refractivity contribution is 6.31. The molecule has 1 fully saturated rings. The van der Waals surface area contributed by atoms with Gasteiger partial charge in [0.15, 0.2) is 0 Å². The second-order valence-corrected chi connectivity index (χ2v) is 6.31. The molecule has 0 aliphatic carbocycles. The normalized spacial score (nSPS) is 17.9. The summed E-state index contributed by atoms with van der Waals surface area (Å²) in [4.78, 5) is 15.5. The average molecular weight is 341 g/mol. The topological polar surface area (TPSA) is 51.1 Å². The van der Waals surface area contributed by atoms with Crippen LogP contribution in [0.25, 0.3) is 11.0 Å². The van der Waals surface area contributed by atoms with Gasteiger partial charge in [0.1, 0.15) is 17.7 Å². The highest BCUT2D eigenvalue weighted by Crippen LogP contribution is 2.23. The van der Waals surface area contributed by atoms with Crippen molar-refractivity contribution in [3.63, 3.8) is 0 Å². The first-order chi connectivity index (χ1) is 11.8. The molecular formula is C18H17ClN4O. The molecule has 4 rings (SSSR count). The standard InChI is InChI=1S/C18H17ClN4O/c19-13-5-6-16-17(9-13)21-11-18(22-16)23-8-2-4-15(12-23)24-14-3-1-7-20-10-14/h1,3,5-7,9-11,15H,2,4,8,12H2. The minimum atomic E-state index is 0.130. The highest BCUT2D eigenvalue weighted by atomic mass is 35.5. The van der Waals surface area contributed by atoms with Crippen molar-refractivity contribution in [2.45, 2.75) is 18.9 Å². The van der Waals surface area contributed by atoms with E-state index in [0.29, 0.717) is 5.02 Å². The third kappa shape index (κ3) is 3.26. The quantitative estimate of drug-likeness (QED) is 0.727. The van der Waals surface area contributed by atoms with E-state index in [4.69, 9.17) is 21.3 Å². The fourth-order valence-corrected chi connectivity index (χ4v) is 3.14. The van der Waals surface area contributed by atoms with E-state index < -0.39 is 0 Å². The first-order valence-corrected chi connectivity index (χ1v) is 8.40. The summed E-state index contributed by atoms with van der Waals surface area (Å²) < 4.78 is 6.04. The number of ether oxygens (including phenoxy) is 1. The molecule has 1 unspecified atom stereocenters. The SMILES string of the molecule is Clc1ccc2nc(N3CCCC(Oc4cccnc4)C3)cnc2c1. The third-order valence-electron chi connectivity index (χ3n) is 4.13. The minimum Gasteiger partial charge on any atom is -0.487 e. The number of pyridine rings is 1. The molecule has 0 N–H and O–H groups in total. The van der Waals surface area contributed by atoms with Gasteiger partial charge in [0.25, 0.3) is 0 Å². The molecule has 0 radical (unpaired) electrons.